The van der Waals surface area contributed by atoms with Crippen molar-refractivity contribution in [1.82, 2.24) is 10.6 Å². The maximum absolute atomic E-state index is 12.4. The van der Waals surface area contributed by atoms with Crippen molar-refractivity contribution in [2.45, 2.75) is 38.1 Å². The quantitative estimate of drug-likeness (QED) is 0.562. The number of nitrogens with one attached hydrogen (secondary N) is 3. The van der Waals surface area contributed by atoms with E-state index in [-0.39, 0.29) is 27.6 Å². The first-order valence-corrected chi connectivity index (χ1v) is 10.6. The number of thiocarbonyl (C=S) groups is 1. The second-order valence-electron chi connectivity index (χ2n) is 6.92. The Morgan fingerprint density at radius 3 is 2.28 bits per heavy atom. The smallest absolute Gasteiger partial charge is 0.258 e. The van der Waals surface area contributed by atoms with Gasteiger partial charge in [-0.2, -0.15) is 0 Å². The van der Waals surface area contributed by atoms with Gasteiger partial charge in [-0.3, -0.25) is 14.9 Å². The molecule has 152 valence electrons. The third-order valence-electron chi connectivity index (χ3n) is 4.75. The molecule has 8 heteroatoms. The Hall–Kier alpha value is -2.15. The van der Waals surface area contributed by atoms with Crippen molar-refractivity contribution in [3.63, 3.8) is 0 Å². The second kappa shape index (κ2) is 10.1. The molecule has 3 rings (SSSR count). The van der Waals surface area contributed by atoms with Crippen molar-refractivity contribution in [1.29, 1.82) is 0 Å². The van der Waals surface area contributed by atoms with Gasteiger partial charge in [0.15, 0.2) is 5.11 Å². The Morgan fingerprint density at radius 2 is 1.62 bits per heavy atom. The van der Waals surface area contributed by atoms with Crippen molar-refractivity contribution >= 4 is 58.0 Å². The normalized spacial score (nSPS) is 14.1. The maximum Gasteiger partial charge on any atom is 0.258 e. The van der Waals surface area contributed by atoms with Crippen LogP contribution in [0.15, 0.2) is 42.5 Å². The first-order chi connectivity index (χ1) is 13.9. The van der Waals surface area contributed by atoms with E-state index in [1.165, 1.54) is 18.6 Å². The van der Waals surface area contributed by atoms with E-state index in [9.17, 15) is 9.59 Å². The van der Waals surface area contributed by atoms with Gasteiger partial charge in [0.1, 0.15) is 0 Å². The molecule has 1 aliphatic carbocycles. The van der Waals surface area contributed by atoms with E-state index in [4.69, 9.17) is 35.4 Å². The summed E-state index contributed by atoms with van der Waals surface area (Å²) < 4.78 is 0. The average molecular weight is 450 g/mol. The van der Waals surface area contributed by atoms with E-state index in [2.05, 4.69) is 16.0 Å². The summed E-state index contributed by atoms with van der Waals surface area (Å²) in [6, 6.07) is 11.8. The molecule has 0 bridgehead atoms. The van der Waals surface area contributed by atoms with E-state index >= 15 is 0 Å². The zero-order valence-corrected chi connectivity index (χ0v) is 18.0. The van der Waals surface area contributed by atoms with E-state index in [0.29, 0.717) is 16.3 Å². The van der Waals surface area contributed by atoms with Gasteiger partial charge in [-0.25, -0.2) is 0 Å². The number of amides is 2. The molecule has 0 unspecified atom stereocenters. The highest BCUT2D eigenvalue weighted by Crippen LogP contribution is 2.21. The number of halogens is 2. The van der Waals surface area contributed by atoms with E-state index in [1.807, 2.05) is 0 Å². The number of carbonyl (C=O) groups is 2. The van der Waals surface area contributed by atoms with Crippen LogP contribution in [-0.4, -0.2) is 23.0 Å². The Kier molecular flexibility index (Phi) is 7.47. The maximum atomic E-state index is 12.4. The molecule has 3 N–H and O–H groups in total. The summed E-state index contributed by atoms with van der Waals surface area (Å²) in [7, 11) is 0. The van der Waals surface area contributed by atoms with Crippen LogP contribution in [0.1, 0.15) is 52.8 Å². The van der Waals surface area contributed by atoms with Gasteiger partial charge in [0.05, 0.1) is 10.6 Å². The van der Waals surface area contributed by atoms with Gasteiger partial charge in [0.2, 0.25) is 0 Å². The summed E-state index contributed by atoms with van der Waals surface area (Å²) in [6.45, 7) is 0. The van der Waals surface area contributed by atoms with Crippen molar-refractivity contribution in [2.75, 3.05) is 5.32 Å². The average Bonchev–Trinajstić information content (AvgIpc) is 2.69. The second-order valence-corrected chi connectivity index (χ2v) is 8.17. The lowest BCUT2D eigenvalue weighted by molar-refractivity contribution is 0.0926. The Labute approximate surface area is 185 Å². The molecule has 1 aliphatic rings. The fraction of sp³-hybridized carbons (Fsp3) is 0.286. The fourth-order valence-electron chi connectivity index (χ4n) is 3.23. The molecule has 2 aromatic carbocycles. The highest BCUT2D eigenvalue weighted by Gasteiger charge is 2.17. The van der Waals surface area contributed by atoms with Crippen LogP contribution in [0.4, 0.5) is 5.69 Å². The summed E-state index contributed by atoms with van der Waals surface area (Å²) in [5.74, 6) is -0.510. The summed E-state index contributed by atoms with van der Waals surface area (Å²) >= 11 is 17.1. The Bertz CT molecular complexity index is 913. The van der Waals surface area contributed by atoms with E-state index < -0.39 is 5.91 Å². The van der Waals surface area contributed by atoms with Crippen LogP contribution in [0.2, 0.25) is 10.0 Å². The van der Waals surface area contributed by atoms with Crippen molar-refractivity contribution in [2.24, 2.45) is 0 Å². The number of anilines is 1. The molecule has 1 fully saturated rings. The minimum atomic E-state index is -0.437. The molecule has 5 nitrogen and oxygen atoms in total. The summed E-state index contributed by atoms with van der Waals surface area (Å²) in [5.41, 5.74) is 1.52. The zero-order valence-electron chi connectivity index (χ0n) is 15.6. The summed E-state index contributed by atoms with van der Waals surface area (Å²) in [5, 5.41) is 9.39. The Morgan fingerprint density at radius 1 is 0.931 bits per heavy atom. The third-order valence-corrected chi connectivity index (χ3v) is 5.50. The fourth-order valence-corrected chi connectivity index (χ4v) is 3.93. The molecule has 0 aromatic heterocycles. The molecular weight excluding hydrogens is 429 g/mol. The van der Waals surface area contributed by atoms with Crippen molar-refractivity contribution in [3.05, 3.63) is 63.6 Å². The van der Waals surface area contributed by atoms with Gasteiger partial charge in [-0.05, 0) is 67.5 Å². The van der Waals surface area contributed by atoms with E-state index in [0.717, 1.165) is 25.7 Å². The molecule has 1 saturated carbocycles. The van der Waals surface area contributed by atoms with Gasteiger partial charge in [0.25, 0.3) is 11.8 Å². The largest absolute Gasteiger partial charge is 0.349 e. The summed E-state index contributed by atoms with van der Waals surface area (Å²) in [4.78, 5) is 24.7. The number of carbonyl (C=O) groups excluding carboxylic acids is 2. The molecular formula is C21H21Cl2N3O2S. The lowest BCUT2D eigenvalue weighted by Gasteiger charge is -2.22. The predicted octanol–water partition coefficient (Wildman–Crippen LogP) is 5.18. The molecule has 0 radical (unpaired) electrons. The summed E-state index contributed by atoms with van der Waals surface area (Å²) in [6.07, 6.45) is 5.65. The monoisotopic (exact) mass is 449 g/mol. The highest BCUT2D eigenvalue weighted by atomic mass is 35.5. The van der Waals surface area contributed by atoms with Crippen molar-refractivity contribution < 1.29 is 9.59 Å². The number of hydrogen-bond acceptors (Lipinski definition) is 3. The third kappa shape index (κ3) is 6.16. The molecule has 29 heavy (non-hydrogen) atoms. The zero-order chi connectivity index (χ0) is 20.8. The lowest BCUT2D eigenvalue weighted by Crippen LogP contribution is -2.36. The van der Waals surface area contributed by atoms with Crippen LogP contribution in [0, 0.1) is 0 Å². The SMILES string of the molecule is O=C(NC1CCCCC1)c1ccc(NC(=S)NC(=O)c2ccc(Cl)cc2Cl)cc1. The predicted molar refractivity (Wildman–Crippen MR) is 121 cm³/mol. The van der Waals surface area contributed by atoms with Gasteiger partial charge in [-0.1, -0.05) is 42.5 Å². The van der Waals surface area contributed by atoms with Crippen LogP contribution in [0.25, 0.3) is 0 Å². The van der Waals surface area contributed by atoms with Crippen LogP contribution in [-0.2, 0) is 0 Å². The van der Waals surface area contributed by atoms with Gasteiger partial charge >= 0.3 is 0 Å². The minimum Gasteiger partial charge on any atom is -0.349 e. The minimum absolute atomic E-state index is 0.0725. The van der Waals surface area contributed by atoms with Crippen molar-refractivity contribution in [3.8, 4) is 0 Å². The Balaban J connectivity index is 1.54. The molecule has 0 atom stereocenters. The van der Waals surface area contributed by atoms with Crippen LogP contribution < -0.4 is 16.0 Å². The van der Waals surface area contributed by atoms with Gasteiger partial charge < -0.3 is 10.6 Å². The molecule has 2 amide bonds. The highest BCUT2D eigenvalue weighted by molar-refractivity contribution is 7.80. The number of hydrogen-bond donors (Lipinski definition) is 3. The molecule has 0 saturated heterocycles. The first-order valence-electron chi connectivity index (χ1n) is 9.40. The van der Waals surface area contributed by atoms with Gasteiger partial charge in [0, 0.05) is 22.3 Å². The topological polar surface area (TPSA) is 70.2 Å². The molecule has 0 heterocycles. The lowest BCUT2D eigenvalue weighted by atomic mass is 9.95. The van der Waals surface area contributed by atoms with Crippen LogP contribution in [0.5, 0.6) is 0 Å². The van der Waals surface area contributed by atoms with Crippen LogP contribution in [0.3, 0.4) is 0 Å². The molecule has 0 aliphatic heterocycles. The van der Waals surface area contributed by atoms with Gasteiger partial charge in [-0.15, -0.1) is 0 Å². The standard InChI is InChI=1S/C21H21Cl2N3O2S/c22-14-8-11-17(18(23)12-14)20(28)26-21(29)25-16-9-6-13(7-10-16)19(27)24-15-4-2-1-3-5-15/h6-12,15H,1-5H2,(H,24,27)(H2,25,26,28,29). The van der Waals surface area contributed by atoms with Crippen LogP contribution >= 0.6 is 35.4 Å². The van der Waals surface area contributed by atoms with E-state index in [1.54, 1.807) is 30.3 Å². The molecule has 2 aromatic rings. The first kappa shape index (κ1) is 21.6. The number of rotatable bonds is 4. The molecule has 0 spiro atoms. The number of benzene rings is 2.